The summed E-state index contributed by atoms with van der Waals surface area (Å²) < 4.78 is 56.9. The number of hydrogen-bond acceptors (Lipinski definition) is 6. The first-order chi connectivity index (χ1) is 16.7. The highest BCUT2D eigenvalue weighted by Crippen LogP contribution is 2.40. The normalized spacial score (nSPS) is 14.3. The summed E-state index contributed by atoms with van der Waals surface area (Å²) in [4.78, 5) is 12.9. The lowest BCUT2D eigenvalue weighted by atomic mass is 10.1. The van der Waals surface area contributed by atoms with Gasteiger partial charge in [0.25, 0.3) is 0 Å². The molecule has 0 unspecified atom stereocenters. The standard InChI is InChI=1S/C26H20FNO6S/c1-15-23(34-35(30,31)19-7-4-17(27)5-8-19)11-9-20-25(29)24(33-26(15)20)12-16-14-28(2)22-10-6-18(32-3)13-21(16)22/h4-14H,1-3H3/b24-12+. The predicted octanol–water partition coefficient (Wildman–Crippen LogP) is 5.02. The van der Waals surface area contributed by atoms with Crippen molar-refractivity contribution in [2.24, 2.45) is 7.05 Å². The Labute approximate surface area is 201 Å². The van der Waals surface area contributed by atoms with Gasteiger partial charge in [-0.2, -0.15) is 8.42 Å². The van der Waals surface area contributed by atoms with E-state index in [-0.39, 0.29) is 27.9 Å². The first-order valence-electron chi connectivity index (χ1n) is 10.6. The number of carbonyl (C=O) groups is 1. The van der Waals surface area contributed by atoms with Gasteiger partial charge in [0.05, 0.1) is 12.7 Å². The van der Waals surface area contributed by atoms with Crippen molar-refractivity contribution < 1.29 is 31.3 Å². The molecule has 0 spiro atoms. The van der Waals surface area contributed by atoms with Gasteiger partial charge in [-0.15, -0.1) is 0 Å². The van der Waals surface area contributed by atoms with E-state index in [4.69, 9.17) is 13.7 Å². The van der Waals surface area contributed by atoms with Gasteiger partial charge in [0.2, 0.25) is 5.78 Å². The van der Waals surface area contributed by atoms with Gasteiger partial charge in [0, 0.05) is 35.3 Å². The van der Waals surface area contributed by atoms with Crippen molar-refractivity contribution in [3.05, 3.63) is 89.1 Å². The highest BCUT2D eigenvalue weighted by Gasteiger charge is 2.31. The number of ether oxygens (including phenoxy) is 2. The van der Waals surface area contributed by atoms with E-state index in [9.17, 15) is 17.6 Å². The minimum Gasteiger partial charge on any atom is -0.497 e. The number of allylic oxidation sites excluding steroid dienone is 1. The molecule has 5 rings (SSSR count). The van der Waals surface area contributed by atoms with Gasteiger partial charge in [0.15, 0.2) is 5.76 Å². The number of fused-ring (bicyclic) bond motifs is 2. The number of benzene rings is 3. The van der Waals surface area contributed by atoms with Crippen molar-refractivity contribution in [2.45, 2.75) is 11.8 Å². The Morgan fingerprint density at radius 3 is 2.51 bits per heavy atom. The molecule has 178 valence electrons. The van der Waals surface area contributed by atoms with Crippen molar-refractivity contribution in [2.75, 3.05) is 7.11 Å². The van der Waals surface area contributed by atoms with E-state index in [1.54, 1.807) is 20.1 Å². The molecule has 3 aromatic carbocycles. The molecule has 1 aromatic heterocycles. The number of halogens is 1. The summed E-state index contributed by atoms with van der Waals surface area (Å²) in [7, 11) is -0.725. The van der Waals surface area contributed by atoms with Crippen molar-refractivity contribution >= 4 is 32.9 Å². The lowest BCUT2D eigenvalue weighted by Gasteiger charge is -2.11. The largest absolute Gasteiger partial charge is 0.497 e. The lowest BCUT2D eigenvalue weighted by Crippen LogP contribution is -2.10. The van der Waals surface area contributed by atoms with E-state index >= 15 is 0 Å². The molecule has 0 amide bonds. The van der Waals surface area contributed by atoms with Crippen LogP contribution in [0.1, 0.15) is 21.5 Å². The third kappa shape index (κ3) is 3.93. The summed E-state index contributed by atoms with van der Waals surface area (Å²) in [5.74, 6) is 0.148. The molecule has 1 aliphatic heterocycles. The van der Waals surface area contributed by atoms with Gasteiger partial charge in [0.1, 0.15) is 28.0 Å². The van der Waals surface area contributed by atoms with Crippen LogP contribution in [-0.2, 0) is 17.2 Å². The summed E-state index contributed by atoms with van der Waals surface area (Å²) >= 11 is 0. The van der Waals surface area contributed by atoms with Crippen LogP contribution in [0.5, 0.6) is 17.2 Å². The second-order valence-corrected chi connectivity index (χ2v) is 9.62. The fourth-order valence-electron chi connectivity index (χ4n) is 4.01. The van der Waals surface area contributed by atoms with Gasteiger partial charge in [-0.1, -0.05) is 0 Å². The monoisotopic (exact) mass is 493 g/mol. The van der Waals surface area contributed by atoms with Gasteiger partial charge >= 0.3 is 10.1 Å². The van der Waals surface area contributed by atoms with Gasteiger partial charge in [-0.05, 0) is 67.6 Å². The van der Waals surface area contributed by atoms with Crippen LogP contribution in [0.2, 0.25) is 0 Å². The van der Waals surface area contributed by atoms with Gasteiger partial charge < -0.3 is 18.2 Å². The summed E-state index contributed by atoms with van der Waals surface area (Å²) in [6.07, 6.45) is 3.53. The molecule has 0 bridgehead atoms. The minimum absolute atomic E-state index is 0.0111. The Morgan fingerprint density at radius 2 is 1.80 bits per heavy atom. The van der Waals surface area contributed by atoms with Crippen molar-refractivity contribution in [3.8, 4) is 17.2 Å². The summed E-state index contributed by atoms with van der Waals surface area (Å²) in [6, 6.07) is 12.8. The van der Waals surface area contributed by atoms with Gasteiger partial charge in [-0.25, -0.2) is 4.39 Å². The third-order valence-electron chi connectivity index (χ3n) is 5.85. The molecule has 35 heavy (non-hydrogen) atoms. The van der Waals surface area contributed by atoms with Crippen molar-refractivity contribution in [1.29, 1.82) is 0 Å². The second-order valence-electron chi connectivity index (χ2n) is 8.07. The van der Waals surface area contributed by atoms with E-state index in [0.717, 1.165) is 40.7 Å². The predicted molar refractivity (Wildman–Crippen MR) is 128 cm³/mol. The van der Waals surface area contributed by atoms with Crippen molar-refractivity contribution in [3.63, 3.8) is 0 Å². The Morgan fingerprint density at radius 1 is 1.06 bits per heavy atom. The Hall–Kier alpha value is -4.11. The quantitative estimate of drug-likeness (QED) is 0.287. The van der Waals surface area contributed by atoms with E-state index in [1.807, 2.05) is 36.0 Å². The zero-order valence-electron chi connectivity index (χ0n) is 19.0. The van der Waals surface area contributed by atoms with Crippen LogP contribution in [0.25, 0.3) is 17.0 Å². The number of methoxy groups -OCH3 is 1. The van der Waals surface area contributed by atoms with Crippen LogP contribution in [0.4, 0.5) is 4.39 Å². The molecule has 0 saturated carbocycles. The topological polar surface area (TPSA) is 83.8 Å². The molecule has 9 heteroatoms. The minimum atomic E-state index is -4.21. The maximum atomic E-state index is 13.2. The molecule has 4 aromatic rings. The summed E-state index contributed by atoms with van der Waals surface area (Å²) in [5, 5.41) is 0.887. The maximum absolute atomic E-state index is 13.2. The molecular formula is C26H20FNO6S. The molecule has 0 N–H and O–H groups in total. The SMILES string of the molecule is COc1ccc2c(c1)c(/C=C1/Oc3c(ccc(OS(=O)(=O)c4ccc(F)cc4)c3C)C1=O)cn2C. The molecule has 1 aliphatic rings. The van der Waals surface area contributed by atoms with Crippen LogP contribution in [-0.4, -0.2) is 25.9 Å². The number of hydrogen-bond donors (Lipinski definition) is 0. The molecule has 0 atom stereocenters. The first-order valence-corrected chi connectivity index (χ1v) is 12.0. The highest BCUT2D eigenvalue weighted by atomic mass is 32.2. The van der Waals surface area contributed by atoms with Crippen LogP contribution >= 0.6 is 0 Å². The zero-order chi connectivity index (χ0) is 24.9. The fraction of sp³-hybridized carbons (Fsp3) is 0.115. The molecule has 7 nitrogen and oxygen atoms in total. The Kier molecular flexibility index (Phi) is 5.36. The number of nitrogens with zero attached hydrogens (tertiary/aromatic N) is 1. The lowest BCUT2D eigenvalue weighted by molar-refractivity contribution is 0.101. The average Bonchev–Trinajstić information content (AvgIpc) is 3.32. The second kappa shape index (κ2) is 8.28. The highest BCUT2D eigenvalue weighted by molar-refractivity contribution is 7.87. The van der Waals surface area contributed by atoms with Crippen LogP contribution in [0.15, 0.2) is 71.4 Å². The number of aromatic nitrogens is 1. The summed E-state index contributed by atoms with van der Waals surface area (Å²) in [6.45, 7) is 1.60. The molecular weight excluding hydrogens is 473 g/mol. The molecule has 0 saturated heterocycles. The van der Waals surface area contributed by atoms with E-state index < -0.39 is 15.9 Å². The average molecular weight is 494 g/mol. The number of rotatable bonds is 5. The molecule has 2 heterocycles. The fourth-order valence-corrected chi connectivity index (χ4v) is 4.99. The number of aryl methyl sites for hydroxylation is 1. The number of carbonyl (C=O) groups excluding carboxylic acids is 1. The third-order valence-corrected chi connectivity index (χ3v) is 7.10. The molecule has 0 radical (unpaired) electrons. The maximum Gasteiger partial charge on any atom is 0.339 e. The van der Waals surface area contributed by atoms with Crippen LogP contribution < -0.4 is 13.7 Å². The van der Waals surface area contributed by atoms with Crippen LogP contribution in [0, 0.1) is 12.7 Å². The smallest absolute Gasteiger partial charge is 0.339 e. The van der Waals surface area contributed by atoms with E-state index in [0.29, 0.717) is 16.9 Å². The summed E-state index contributed by atoms with van der Waals surface area (Å²) in [5.41, 5.74) is 2.38. The Balaban J connectivity index is 1.49. The van der Waals surface area contributed by atoms with E-state index in [2.05, 4.69) is 0 Å². The van der Waals surface area contributed by atoms with Crippen LogP contribution in [0.3, 0.4) is 0 Å². The molecule has 0 fully saturated rings. The Bertz CT molecular complexity index is 1630. The first kappa shape index (κ1) is 22.7. The van der Waals surface area contributed by atoms with E-state index in [1.165, 1.54) is 12.1 Å². The van der Waals surface area contributed by atoms with Crippen molar-refractivity contribution in [1.82, 2.24) is 4.57 Å². The number of Topliss-reactive ketones (excluding diaryl/α,β-unsaturated/α-hetero) is 1. The molecule has 0 aliphatic carbocycles. The van der Waals surface area contributed by atoms with Gasteiger partial charge in [-0.3, -0.25) is 4.79 Å². The number of ketones is 1. The zero-order valence-corrected chi connectivity index (χ0v) is 19.9.